The molecule has 1 fully saturated rings. The molecule has 0 aliphatic carbocycles. The Morgan fingerprint density at radius 3 is 2.69 bits per heavy atom. The smallest absolute Gasteiger partial charge is 0.250 e. The van der Waals surface area contributed by atoms with Gasteiger partial charge in [-0.3, -0.25) is 14.5 Å². The number of nitrogens with zero attached hydrogens (tertiary/aromatic N) is 1. The van der Waals surface area contributed by atoms with Crippen molar-refractivity contribution in [3.05, 3.63) is 54.1 Å². The zero-order valence-corrected chi connectivity index (χ0v) is 15.4. The van der Waals surface area contributed by atoms with Gasteiger partial charge in [-0.15, -0.1) is 11.8 Å². The Morgan fingerprint density at radius 1 is 1.23 bits per heavy atom. The van der Waals surface area contributed by atoms with Crippen LogP contribution in [0, 0.1) is 0 Å². The summed E-state index contributed by atoms with van der Waals surface area (Å²) in [5.74, 6) is 0.995. The van der Waals surface area contributed by atoms with Crippen molar-refractivity contribution in [2.24, 2.45) is 0 Å². The number of carbonyl (C=O) groups is 2. The van der Waals surface area contributed by atoms with Gasteiger partial charge in [-0.2, -0.15) is 0 Å². The monoisotopic (exact) mass is 372 g/mol. The van der Waals surface area contributed by atoms with E-state index in [9.17, 15) is 9.59 Å². The molecule has 1 heterocycles. The minimum atomic E-state index is -0.216. The van der Waals surface area contributed by atoms with Crippen LogP contribution in [-0.2, 0) is 14.3 Å². The predicted molar refractivity (Wildman–Crippen MR) is 103 cm³/mol. The third-order valence-corrected chi connectivity index (χ3v) is 5.16. The summed E-state index contributed by atoms with van der Waals surface area (Å²) in [7, 11) is 3.08. The SMILES string of the molecule is COCC(=O)Nc1cccc([C@@H]2SCC(=O)N2c2ccc(OC)cc2)c1. The summed E-state index contributed by atoms with van der Waals surface area (Å²) in [6.07, 6.45) is 0. The quantitative estimate of drug-likeness (QED) is 0.844. The highest BCUT2D eigenvalue weighted by Crippen LogP contribution is 2.42. The number of hydrogen-bond donors (Lipinski definition) is 1. The molecule has 0 saturated carbocycles. The first-order chi connectivity index (χ1) is 12.6. The van der Waals surface area contributed by atoms with Gasteiger partial charge >= 0.3 is 0 Å². The normalized spacial score (nSPS) is 16.6. The average Bonchev–Trinajstić information content (AvgIpc) is 3.04. The molecule has 0 spiro atoms. The second-order valence-corrected chi connectivity index (χ2v) is 6.80. The van der Waals surface area contributed by atoms with Gasteiger partial charge in [0.2, 0.25) is 11.8 Å². The molecule has 1 atom stereocenters. The van der Waals surface area contributed by atoms with Crippen molar-refractivity contribution in [3.8, 4) is 5.75 Å². The number of anilines is 2. The molecular weight excluding hydrogens is 352 g/mol. The van der Waals surface area contributed by atoms with Gasteiger partial charge < -0.3 is 14.8 Å². The van der Waals surface area contributed by atoms with Crippen LogP contribution in [0.25, 0.3) is 0 Å². The largest absolute Gasteiger partial charge is 0.497 e. The van der Waals surface area contributed by atoms with Crippen LogP contribution >= 0.6 is 11.8 Å². The maximum absolute atomic E-state index is 12.4. The number of ether oxygens (including phenoxy) is 2. The standard InChI is InChI=1S/C19H20N2O4S/c1-24-11-17(22)20-14-5-3-4-13(10-14)19-21(18(23)12-26-19)15-6-8-16(25-2)9-7-15/h3-10,19H,11-12H2,1-2H3,(H,20,22)/t19-/m0/s1. The number of nitrogens with one attached hydrogen (secondary N) is 1. The van der Waals surface area contributed by atoms with Crippen molar-refractivity contribution in [3.63, 3.8) is 0 Å². The Labute approximate surface area is 156 Å². The van der Waals surface area contributed by atoms with Gasteiger partial charge in [0.1, 0.15) is 17.7 Å². The molecule has 2 aromatic carbocycles. The van der Waals surface area contributed by atoms with Gasteiger partial charge in [0.25, 0.3) is 0 Å². The number of benzene rings is 2. The first-order valence-electron chi connectivity index (χ1n) is 8.09. The Balaban J connectivity index is 1.84. The summed E-state index contributed by atoms with van der Waals surface area (Å²) in [5, 5.41) is 2.65. The van der Waals surface area contributed by atoms with Gasteiger partial charge in [0.15, 0.2) is 0 Å². The predicted octanol–water partition coefficient (Wildman–Crippen LogP) is 3.06. The molecule has 2 aromatic rings. The minimum Gasteiger partial charge on any atom is -0.497 e. The fourth-order valence-electron chi connectivity index (χ4n) is 2.79. The lowest BCUT2D eigenvalue weighted by Gasteiger charge is -2.25. The molecule has 1 aliphatic heterocycles. The van der Waals surface area contributed by atoms with Gasteiger partial charge in [0.05, 0.1) is 12.9 Å². The molecule has 26 heavy (non-hydrogen) atoms. The maximum atomic E-state index is 12.4. The molecule has 0 aromatic heterocycles. The van der Waals surface area contributed by atoms with E-state index in [-0.39, 0.29) is 23.8 Å². The molecule has 0 radical (unpaired) electrons. The van der Waals surface area contributed by atoms with E-state index in [1.165, 1.54) is 7.11 Å². The Bertz CT molecular complexity index is 794. The van der Waals surface area contributed by atoms with Crippen LogP contribution in [0.2, 0.25) is 0 Å². The van der Waals surface area contributed by atoms with Crippen molar-refractivity contribution in [1.82, 2.24) is 0 Å². The van der Waals surface area contributed by atoms with E-state index in [0.29, 0.717) is 11.4 Å². The van der Waals surface area contributed by atoms with Crippen molar-refractivity contribution < 1.29 is 19.1 Å². The summed E-state index contributed by atoms with van der Waals surface area (Å²) in [6.45, 7) is -0.00113. The highest BCUT2D eigenvalue weighted by atomic mass is 32.2. The average molecular weight is 372 g/mol. The molecule has 0 bridgehead atoms. The first kappa shape index (κ1) is 18.3. The fourth-order valence-corrected chi connectivity index (χ4v) is 3.96. The number of amides is 2. The van der Waals surface area contributed by atoms with E-state index in [4.69, 9.17) is 9.47 Å². The fraction of sp³-hybridized carbons (Fsp3) is 0.263. The van der Waals surface area contributed by atoms with Gasteiger partial charge in [0, 0.05) is 18.5 Å². The summed E-state index contributed by atoms with van der Waals surface area (Å²) in [5.41, 5.74) is 2.45. The van der Waals surface area contributed by atoms with Crippen molar-refractivity contribution >= 4 is 35.0 Å². The molecule has 1 N–H and O–H groups in total. The summed E-state index contributed by atoms with van der Waals surface area (Å²) in [4.78, 5) is 26.0. The van der Waals surface area contributed by atoms with Crippen molar-refractivity contribution in [2.75, 3.05) is 36.8 Å². The Hall–Kier alpha value is -2.51. The molecule has 0 unspecified atom stereocenters. The number of hydrogen-bond acceptors (Lipinski definition) is 5. The van der Waals surface area contributed by atoms with Crippen LogP contribution in [0.1, 0.15) is 10.9 Å². The van der Waals surface area contributed by atoms with E-state index in [1.54, 1.807) is 23.8 Å². The highest BCUT2D eigenvalue weighted by Gasteiger charge is 2.34. The van der Waals surface area contributed by atoms with Crippen LogP contribution in [0.4, 0.5) is 11.4 Å². The second kappa shape index (κ2) is 8.25. The lowest BCUT2D eigenvalue weighted by Crippen LogP contribution is -2.27. The number of rotatable bonds is 6. The van der Waals surface area contributed by atoms with Gasteiger partial charge in [-0.1, -0.05) is 12.1 Å². The zero-order valence-electron chi connectivity index (χ0n) is 14.6. The van der Waals surface area contributed by atoms with Crippen LogP contribution in [-0.4, -0.2) is 38.4 Å². The Kier molecular flexibility index (Phi) is 5.80. The van der Waals surface area contributed by atoms with Crippen LogP contribution in [0.3, 0.4) is 0 Å². The topological polar surface area (TPSA) is 67.9 Å². The summed E-state index contributed by atoms with van der Waals surface area (Å²) in [6, 6.07) is 15.0. The molecule has 1 aliphatic rings. The number of carbonyl (C=O) groups excluding carboxylic acids is 2. The van der Waals surface area contributed by atoms with E-state index in [1.807, 2.05) is 48.5 Å². The van der Waals surface area contributed by atoms with E-state index >= 15 is 0 Å². The third kappa shape index (κ3) is 4.00. The minimum absolute atomic E-state index is 0.00113. The molecular formula is C19H20N2O4S. The number of thioether (sulfide) groups is 1. The lowest BCUT2D eigenvalue weighted by atomic mass is 10.1. The third-order valence-electron chi connectivity index (χ3n) is 3.95. The van der Waals surface area contributed by atoms with Crippen LogP contribution < -0.4 is 15.0 Å². The summed E-state index contributed by atoms with van der Waals surface area (Å²) >= 11 is 1.56. The molecule has 3 rings (SSSR count). The van der Waals surface area contributed by atoms with E-state index in [0.717, 1.165) is 17.0 Å². The second-order valence-electron chi connectivity index (χ2n) is 5.73. The lowest BCUT2D eigenvalue weighted by molar-refractivity contribution is -0.119. The van der Waals surface area contributed by atoms with Crippen molar-refractivity contribution in [1.29, 1.82) is 0 Å². The van der Waals surface area contributed by atoms with Crippen LogP contribution in [0.5, 0.6) is 5.75 Å². The van der Waals surface area contributed by atoms with Crippen LogP contribution in [0.15, 0.2) is 48.5 Å². The molecule has 2 amide bonds. The first-order valence-corrected chi connectivity index (χ1v) is 9.13. The zero-order chi connectivity index (χ0) is 18.5. The van der Waals surface area contributed by atoms with Crippen molar-refractivity contribution in [2.45, 2.75) is 5.37 Å². The van der Waals surface area contributed by atoms with E-state index < -0.39 is 0 Å². The molecule has 6 nitrogen and oxygen atoms in total. The van der Waals surface area contributed by atoms with E-state index in [2.05, 4.69) is 5.32 Å². The number of methoxy groups -OCH3 is 2. The highest BCUT2D eigenvalue weighted by molar-refractivity contribution is 8.00. The maximum Gasteiger partial charge on any atom is 0.250 e. The molecule has 7 heteroatoms. The summed E-state index contributed by atoms with van der Waals surface area (Å²) < 4.78 is 10.0. The van der Waals surface area contributed by atoms with Gasteiger partial charge in [-0.25, -0.2) is 0 Å². The Morgan fingerprint density at radius 2 is 2.00 bits per heavy atom. The molecule has 136 valence electrons. The van der Waals surface area contributed by atoms with Gasteiger partial charge in [-0.05, 0) is 42.0 Å². The molecule has 1 saturated heterocycles.